The van der Waals surface area contributed by atoms with Crippen LogP contribution in [0.15, 0.2) is 0 Å². The van der Waals surface area contributed by atoms with Gasteiger partial charge in [0.1, 0.15) is 0 Å². The van der Waals surface area contributed by atoms with E-state index in [0.717, 1.165) is 6.42 Å². The highest BCUT2D eigenvalue weighted by Crippen LogP contribution is 2.07. The quantitative estimate of drug-likeness (QED) is 0.440. The largest absolute Gasteiger partial charge is 0.313 e. The molecule has 1 unspecified atom stereocenters. The summed E-state index contributed by atoms with van der Waals surface area (Å²) in [5, 5.41) is 0. The minimum atomic E-state index is -0.486. The van der Waals surface area contributed by atoms with Gasteiger partial charge in [-0.15, -0.1) is 24.0 Å². The zero-order valence-corrected chi connectivity index (χ0v) is 6.14. The smallest absolute Gasteiger partial charge is 0.0879 e. The molecule has 1 nitrogen and oxygen atoms in total. The van der Waals surface area contributed by atoms with Crippen LogP contribution in [0, 0.1) is 0 Å². The summed E-state index contributed by atoms with van der Waals surface area (Å²) in [4.78, 5) is -0.486. The van der Waals surface area contributed by atoms with Gasteiger partial charge >= 0.3 is 0 Å². The minimum Gasteiger partial charge on any atom is -0.313 e. The third-order valence-corrected chi connectivity index (χ3v) is 0.959. The third-order valence-electron chi connectivity index (χ3n) is 0.691. The minimum absolute atomic E-state index is 0. The average molecular weight is 144 g/mol. The van der Waals surface area contributed by atoms with E-state index in [9.17, 15) is 0 Å². The van der Waals surface area contributed by atoms with Gasteiger partial charge in [0.05, 0.1) is 5.00 Å². The van der Waals surface area contributed by atoms with E-state index < -0.39 is 5.00 Å². The van der Waals surface area contributed by atoms with Gasteiger partial charge in [-0.1, -0.05) is 6.92 Å². The molecular weight excluding hydrogens is 133 g/mol. The van der Waals surface area contributed by atoms with Crippen LogP contribution in [0.4, 0.5) is 0 Å². The lowest BCUT2D eigenvalue weighted by atomic mass is 10.3. The molecule has 7 heavy (non-hydrogen) atoms. The highest BCUT2D eigenvalue weighted by atomic mass is 35.5. The molecule has 0 aromatic heterocycles. The van der Waals surface area contributed by atoms with Crippen LogP contribution in [0.3, 0.4) is 0 Å². The van der Waals surface area contributed by atoms with E-state index in [1.165, 1.54) is 0 Å². The molecule has 0 rings (SSSR count). The number of hydrogen-bond acceptors (Lipinski definition) is 1. The van der Waals surface area contributed by atoms with E-state index in [2.05, 4.69) is 0 Å². The van der Waals surface area contributed by atoms with Gasteiger partial charge in [0.15, 0.2) is 0 Å². The van der Waals surface area contributed by atoms with E-state index >= 15 is 0 Å². The summed E-state index contributed by atoms with van der Waals surface area (Å²) in [5.41, 5.74) is 5.30. The molecule has 0 aromatic carbocycles. The van der Waals surface area contributed by atoms with Crippen molar-refractivity contribution >= 4 is 24.0 Å². The summed E-state index contributed by atoms with van der Waals surface area (Å²) >= 11 is 5.50. The normalized spacial score (nSPS) is 17.1. The Bertz CT molecular complexity index is 39.4. The van der Waals surface area contributed by atoms with Crippen LogP contribution in [-0.2, 0) is 0 Å². The second-order valence-corrected chi connectivity index (χ2v) is 2.50. The lowest BCUT2D eigenvalue weighted by Crippen LogP contribution is -2.26. The maximum absolute atomic E-state index is 5.50. The molecule has 0 fully saturated rings. The van der Waals surface area contributed by atoms with Crippen LogP contribution in [0.2, 0.25) is 0 Å². The van der Waals surface area contributed by atoms with E-state index in [1.807, 2.05) is 6.92 Å². The monoisotopic (exact) mass is 143 g/mol. The van der Waals surface area contributed by atoms with Gasteiger partial charge in [-0.25, -0.2) is 0 Å². The highest BCUT2D eigenvalue weighted by molar-refractivity contribution is 6.23. The van der Waals surface area contributed by atoms with Crippen LogP contribution in [0.25, 0.3) is 0 Å². The summed E-state index contributed by atoms with van der Waals surface area (Å²) in [6.45, 7) is 3.74. The van der Waals surface area contributed by atoms with Crippen molar-refractivity contribution in [2.45, 2.75) is 25.3 Å². The summed E-state index contributed by atoms with van der Waals surface area (Å²) in [6, 6.07) is 0. The molecule has 0 aliphatic rings. The molecule has 46 valence electrons. The van der Waals surface area contributed by atoms with Crippen molar-refractivity contribution in [2.75, 3.05) is 0 Å². The fourth-order valence-corrected chi connectivity index (χ4v) is 0. The van der Waals surface area contributed by atoms with Gasteiger partial charge in [-0.3, -0.25) is 0 Å². The predicted octanol–water partition coefficient (Wildman–Crippen LogP) is 1.73. The fourth-order valence-electron chi connectivity index (χ4n) is 0. The van der Waals surface area contributed by atoms with E-state index in [1.54, 1.807) is 6.92 Å². The zero-order chi connectivity index (χ0) is 5.21. The Kier molecular flexibility index (Phi) is 5.30. The lowest BCUT2D eigenvalue weighted by molar-refractivity contribution is 0.638. The number of hydrogen-bond donors (Lipinski definition) is 1. The third kappa shape index (κ3) is 10.8. The van der Waals surface area contributed by atoms with Crippen LogP contribution in [-0.4, -0.2) is 5.00 Å². The lowest BCUT2D eigenvalue weighted by Gasteiger charge is -2.09. The van der Waals surface area contributed by atoms with Crippen molar-refractivity contribution in [2.24, 2.45) is 5.73 Å². The maximum atomic E-state index is 5.50. The van der Waals surface area contributed by atoms with E-state index in [-0.39, 0.29) is 12.4 Å². The van der Waals surface area contributed by atoms with Gasteiger partial charge in [-0.2, -0.15) is 0 Å². The number of nitrogens with two attached hydrogens (primary N) is 1. The van der Waals surface area contributed by atoms with Crippen molar-refractivity contribution in [3.05, 3.63) is 0 Å². The van der Waals surface area contributed by atoms with Gasteiger partial charge in [0.2, 0.25) is 0 Å². The molecule has 0 aromatic rings. The number of alkyl halides is 1. The van der Waals surface area contributed by atoms with Crippen LogP contribution >= 0.6 is 24.0 Å². The Hall–Kier alpha value is 0.540. The summed E-state index contributed by atoms with van der Waals surface area (Å²) < 4.78 is 0. The fraction of sp³-hybridized carbons (Fsp3) is 1.00. The highest BCUT2D eigenvalue weighted by Gasteiger charge is 2.07. The molecular formula is C4H11Cl2N. The molecule has 0 heterocycles. The van der Waals surface area contributed by atoms with E-state index in [0.29, 0.717) is 0 Å². The zero-order valence-electron chi connectivity index (χ0n) is 4.57. The van der Waals surface area contributed by atoms with Crippen LogP contribution in [0.1, 0.15) is 20.3 Å². The Labute approximate surface area is 55.6 Å². The SMILES string of the molecule is CCC(C)(N)Cl.Cl. The molecule has 1 atom stereocenters. The van der Waals surface area contributed by atoms with Gasteiger partial charge in [0, 0.05) is 0 Å². The van der Waals surface area contributed by atoms with Crippen molar-refractivity contribution in [1.29, 1.82) is 0 Å². The first-order valence-electron chi connectivity index (χ1n) is 2.04. The molecule has 0 saturated carbocycles. The molecule has 0 spiro atoms. The first-order valence-corrected chi connectivity index (χ1v) is 2.42. The average Bonchev–Trinajstić information content (AvgIpc) is 1.35. The maximum Gasteiger partial charge on any atom is 0.0879 e. The van der Waals surface area contributed by atoms with Gasteiger partial charge in [-0.05, 0) is 13.3 Å². The van der Waals surface area contributed by atoms with Gasteiger partial charge < -0.3 is 5.73 Å². The first-order chi connectivity index (χ1) is 2.56. The summed E-state index contributed by atoms with van der Waals surface area (Å²) in [5.74, 6) is 0. The van der Waals surface area contributed by atoms with Crippen LogP contribution in [0.5, 0.6) is 0 Å². The Balaban J connectivity index is 0. The molecule has 0 aliphatic heterocycles. The Morgan fingerprint density at radius 3 is 1.86 bits per heavy atom. The second kappa shape index (κ2) is 3.53. The number of halogens is 2. The first kappa shape index (κ1) is 10.5. The molecule has 0 aliphatic carbocycles. The van der Waals surface area contributed by atoms with Crippen molar-refractivity contribution < 1.29 is 0 Å². The standard InChI is InChI=1S/C4H10ClN.ClH/c1-3-4(2,5)6;/h3,6H2,1-2H3;1H. The van der Waals surface area contributed by atoms with Crippen LogP contribution < -0.4 is 5.73 Å². The molecule has 0 bridgehead atoms. The molecule has 3 heteroatoms. The van der Waals surface area contributed by atoms with Crippen molar-refractivity contribution in [3.8, 4) is 0 Å². The molecule has 0 radical (unpaired) electrons. The van der Waals surface area contributed by atoms with Crippen molar-refractivity contribution in [3.63, 3.8) is 0 Å². The van der Waals surface area contributed by atoms with Gasteiger partial charge in [0.25, 0.3) is 0 Å². The Morgan fingerprint density at radius 2 is 1.86 bits per heavy atom. The molecule has 2 N–H and O–H groups in total. The Morgan fingerprint density at radius 1 is 1.71 bits per heavy atom. The molecule has 0 amide bonds. The predicted molar refractivity (Wildman–Crippen MR) is 36.0 cm³/mol. The molecule has 0 saturated heterocycles. The second-order valence-electron chi connectivity index (χ2n) is 1.63. The van der Waals surface area contributed by atoms with Crippen molar-refractivity contribution in [1.82, 2.24) is 0 Å². The topological polar surface area (TPSA) is 26.0 Å². The van der Waals surface area contributed by atoms with E-state index in [4.69, 9.17) is 17.3 Å². The summed E-state index contributed by atoms with van der Waals surface area (Å²) in [7, 11) is 0. The summed E-state index contributed by atoms with van der Waals surface area (Å²) in [6.07, 6.45) is 0.814. The number of rotatable bonds is 1.